The van der Waals surface area contributed by atoms with E-state index in [1.165, 1.54) is 11.8 Å². The van der Waals surface area contributed by atoms with Crippen LogP contribution >= 0.6 is 11.8 Å². The standard InChI is InChI=1S/C15H13N3OS/c1-20-15(17)18-13-4-2-3-5-14(13)19-12-8-6-11(10-16)7-9-12/h2-9H,1H3,(H2,17,18). The third kappa shape index (κ3) is 3.53. The van der Waals surface area contributed by atoms with Crippen LogP contribution in [-0.4, -0.2) is 11.4 Å². The molecule has 0 saturated carbocycles. The molecule has 0 radical (unpaired) electrons. The minimum absolute atomic E-state index is 0.473. The number of aliphatic imine (C=N–C) groups is 1. The minimum atomic E-state index is 0.473. The topological polar surface area (TPSA) is 71.4 Å². The van der Waals surface area contributed by atoms with Gasteiger partial charge in [0.1, 0.15) is 11.4 Å². The van der Waals surface area contributed by atoms with Gasteiger partial charge in [0, 0.05) is 0 Å². The van der Waals surface area contributed by atoms with Crippen LogP contribution in [0.25, 0.3) is 0 Å². The van der Waals surface area contributed by atoms with Gasteiger partial charge in [0.25, 0.3) is 0 Å². The number of ether oxygens (including phenoxy) is 1. The van der Waals surface area contributed by atoms with E-state index in [4.69, 9.17) is 15.7 Å². The zero-order chi connectivity index (χ0) is 14.4. The van der Waals surface area contributed by atoms with E-state index < -0.39 is 0 Å². The van der Waals surface area contributed by atoms with Crippen molar-refractivity contribution in [2.45, 2.75) is 0 Å². The van der Waals surface area contributed by atoms with E-state index in [1.54, 1.807) is 24.3 Å². The van der Waals surface area contributed by atoms with Crippen LogP contribution in [0.15, 0.2) is 53.5 Å². The van der Waals surface area contributed by atoms with E-state index in [0.717, 1.165) is 0 Å². The lowest BCUT2D eigenvalue weighted by Gasteiger charge is -2.08. The SMILES string of the molecule is CSC(N)=Nc1ccccc1Oc1ccc(C#N)cc1. The molecule has 2 rings (SSSR count). The highest BCUT2D eigenvalue weighted by Gasteiger charge is 2.04. The first-order valence-electron chi connectivity index (χ1n) is 5.88. The number of nitriles is 1. The molecule has 0 saturated heterocycles. The molecule has 0 fully saturated rings. The molecule has 4 nitrogen and oxygen atoms in total. The first-order valence-corrected chi connectivity index (χ1v) is 7.10. The lowest BCUT2D eigenvalue weighted by atomic mass is 10.2. The molecule has 0 unspecified atom stereocenters. The summed E-state index contributed by atoms with van der Waals surface area (Å²) in [5, 5.41) is 9.24. The Labute approximate surface area is 121 Å². The van der Waals surface area contributed by atoms with E-state index in [-0.39, 0.29) is 0 Å². The first-order chi connectivity index (χ1) is 9.72. The van der Waals surface area contributed by atoms with Crippen molar-refractivity contribution in [3.05, 3.63) is 54.1 Å². The zero-order valence-electron chi connectivity index (χ0n) is 10.9. The lowest BCUT2D eigenvalue weighted by Crippen LogP contribution is -2.04. The van der Waals surface area contributed by atoms with Crippen LogP contribution in [0.1, 0.15) is 5.56 Å². The molecule has 2 N–H and O–H groups in total. The molecule has 0 aliphatic rings. The maximum Gasteiger partial charge on any atom is 0.159 e. The van der Waals surface area contributed by atoms with Gasteiger partial charge in [-0.1, -0.05) is 23.9 Å². The van der Waals surface area contributed by atoms with E-state index in [0.29, 0.717) is 27.9 Å². The Bertz CT molecular complexity index is 660. The number of nitrogens with zero attached hydrogens (tertiary/aromatic N) is 2. The van der Waals surface area contributed by atoms with Crippen LogP contribution in [0.2, 0.25) is 0 Å². The first kappa shape index (κ1) is 14.0. The Kier molecular flexibility index (Phi) is 4.64. The van der Waals surface area contributed by atoms with Crippen LogP contribution in [0.5, 0.6) is 11.5 Å². The summed E-state index contributed by atoms with van der Waals surface area (Å²) in [7, 11) is 0. The summed E-state index contributed by atoms with van der Waals surface area (Å²) in [6.45, 7) is 0. The lowest BCUT2D eigenvalue weighted by molar-refractivity contribution is 0.484. The van der Waals surface area contributed by atoms with E-state index in [9.17, 15) is 0 Å². The normalized spacial score (nSPS) is 10.9. The fraction of sp³-hybridized carbons (Fsp3) is 0.0667. The molecule has 0 aromatic heterocycles. The fourth-order valence-electron chi connectivity index (χ4n) is 1.52. The zero-order valence-corrected chi connectivity index (χ0v) is 11.7. The van der Waals surface area contributed by atoms with Crippen molar-refractivity contribution in [2.24, 2.45) is 10.7 Å². The fourth-order valence-corrected chi connectivity index (χ4v) is 1.71. The van der Waals surface area contributed by atoms with Crippen LogP contribution in [0.3, 0.4) is 0 Å². The predicted molar refractivity (Wildman–Crippen MR) is 82.5 cm³/mol. The third-order valence-corrected chi connectivity index (χ3v) is 3.03. The van der Waals surface area contributed by atoms with Gasteiger partial charge in [-0.05, 0) is 42.7 Å². The Morgan fingerprint density at radius 2 is 1.90 bits per heavy atom. The van der Waals surface area contributed by atoms with Gasteiger partial charge in [-0.25, -0.2) is 4.99 Å². The van der Waals surface area contributed by atoms with Crippen molar-refractivity contribution in [1.82, 2.24) is 0 Å². The molecule has 0 heterocycles. The number of thioether (sulfide) groups is 1. The molecule has 20 heavy (non-hydrogen) atoms. The largest absolute Gasteiger partial charge is 0.455 e. The predicted octanol–water partition coefficient (Wildman–Crippen LogP) is 3.66. The Hall–Kier alpha value is -2.45. The summed E-state index contributed by atoms with van der Waals surface area (Å²) >= 11 is 1.38. The van der Waals surface area contributed by atoms with Gasteiger partial charge in [-0.2, -0.15) is 5.26 Å². The van der Waals surface area contributed by atoms with Crippen molar-refractivity contribution in [2.75, 3.05) is 6.26 Å². The van der Waals surface area contributed by atoms with Gasteiger partial charge in [0.15, 0.2) is 10.9 Å². The molecular weight excluding hydrogens is 270 g/mol. The highest BCUT2D eigenvalue weighted by atomic mass is 32.2. The smallest absolute Gasteiger partial charge is 0.159 e. The number of nitrogens with two attached hydrogens (primary N) is 1. The minimum Gasteiger partial charge on any atom is -0.455 e. The van der Waals surface area contributed by atoms with E-state index in [2.05, 4.69) is 11.1 Å². The van der Waals surface area contributed by atoms with Gasteiger partial charge in [0.2, 0.25) is 0 Å². The van der Waals surface area contributed by atoms with Gasteiger partial charge in [-0.15, -0.1) is 0 Å². The van der Waals surface area contributed by atoms with Gasteiger partial charge >= 0.3 is 0 Å². The Morgan fingerprint density at radius 1 is 1.20 bits per heavy atom. The van der Waals surface area contributed by atoms with E-state index in [1.807, 2.05) is 30.5 Å². The molecule has 0 atom stereocenters. The molecule has 5 heteroatoms. The second-order valence-electron chi connectivity index (χ2n) is 3.86. The molecule has 100 valence electrons. The quantitative estimate of drug-likeness (QED) is 0.689. The number of rotatable bonds is 3. The second-order valence-corrected chi connectivity index (χ2v) is 4.69. The van der Waals surface area contributed by atoms with Gasteiger partial charge < -0.3 is 10.5 Å². The highest BCUT2D eigenvalue weighted by molar-refractivity contribution is 8.13. The van der Waals surface area contributed by atoms with Crippen LogP contribution in [-0.2, 0) is 0 Å². The molecule has 0 bridgehead atoms. The van der Waals surface area contributed by atoms with Crippen LogP contribution in [0.4, 0.5) is 5.69 Å². The number of hydrogen-bond acceptors (Lipinski definition) is 4. The molecular formula is C15H13N3OS. The summed E-state index contributed by atoms with van der Waals surface area (Å²) in [6.07, 6.45) is 1.86. The maximum absolute atomic E-state index is 8.76. The van der Waals surface area contributed by atoms with Crippen LogP contribution in [0, 0.1) is 11.3 Å². The average molecular weight is 283 g/mol. The molecule has 0 aliphatic heterocycles. The highest BCUT2D eigenvalue weighted by Crippen LogP contribution is 2.31. The average Bonchev–Trinajstić information content (AvgIpc) is 2.50. The van der Waals surface area contributed by atoms with Gasteiger partial charge in [-0.3, -0.25) is 0 Å². The number of para-hydroxylation sites is 2. The Balaban J connectivity index is 2.27. The molecule has 0 spiro atoms. The van der Waals surface area contributed by atoms with Crippen molar-refractivity contribution >= 4 is 22.6 Å². The number of benzene rings is 2. The van der Waals surface area contributed by atoms with Crippen molar-refractivity contribution in [3.8, 4) is 17.6 Å². The van der Waals surface area contributed by atoms with E-state index >= 15 is 0 Å². The molecule has 2 aromatic rings. The second kappa shape index (κ2) is 6.64. The Morgan fingerprint density at radius 3 is 2.55 bits per heavy atom. The summed E-state index contributed by atoms with van der Waals surface area (Å²) < 4.78 is 5.77. The molecule has 0 aliphatic carbocycles. The molecule has 0 amide bonds. The summed E-state index contributed by atoms with van der Waals surface area (Å²) in [5.74, 6) is 1.27. The van der Waals surface area contributed by atoms with Crippen molar-refractivity contribution < 1.29 is 4.74 Å². The third-order valence-electron chi connectivity index (χ3n) is 2.52. The van der Waals surface area contributed by atoms with Gasteiger partial charge in [0.05, 0.1) is 11.6 Å². The summed E-state index contributed by atoms with van der Waals surface area (Å²) in [6, 6.07) is 16.4. The van der Waals surface area contributed by atoms with Crippen LogP contribution < -0.4 is 10.5 Å². The monoisotopic (exact) mass is 283 g/mol. The summed E-state index contributed by atoms with van der Waals surface area (Å²) in [4.78, 5) is 4.29. The number of hydrogen-bond donors (Lipinski definition) is 1. The van der Waals surface area contributed by atoms with Crippen molar-refractivity contribution in [1.29, 1.82) is 5.26 Å². The summed E-state index contributed by atoms with van der Waals surface area (Å²) in [5.41, 5.74) is 6.99. The maximum atomic E-state index is 8.76. The number of amidine groups is 1. The molecule has 2 aromatic carbocycles. The van der Waals surface area contributed by atoms with Crippen molar-refractivity contribution in [3.63, 3.8) is 0 Å².